The Kier molecular flexibility index (Phi) is 6.68. The summed E-state index contributed by atoms with van der Waals surface area (Å²) in [5.41, 5.74) is 0.926. The fraction of sp³-hybridized carbons (Fsp3) is 0.286. The van der Waals surface area contributed by atoms with Gasteiger partial charge in [0.2, 0.25) is 0 Å². The molecular formula is C14H16ClNO3. The van der Waals surface area contributed by atoms with Crippen LogP contribution in [0.4, 0.5) is 0 Å². The van der Waals surface area contributed by atoms with Crippen molar-refractivity contribution in [1.82, 2.24) is 5.32 Å². The number of hydrogen-bond acceptors (Lipinski definition) is 3. The van der Waals surface area contributed by atoms with Crippen LogP contribution in [-0.2, 0) is 20.9 Å². The topological polar surface area (TPSA) is 55.4 Å². The van der Waals surface area contributed by atoms with Crippen LogP contribution in [0.3, 0.4) is 0 Å². The summed E-state index contributed by atoms with van der Waals surface area (Å²) < 4.78 is 4.75. The van der Waals surface area contributed by atoms with Gasteiger partial charge in [0.05, 0.1) is 0 Å². The van der Waals surface area contributed by atoms with Crippen LogP contribution in [0.5, 0.6) is 0 Å². The van der Waals surface area contributed by atoms with Crippen molar-refractivity contribution in [1.29, 1.82) is 0 Å². The Morgan fingerprint density at radius 1 is 1.32 bits per heavy atom. The van der Waals surface area contributed by atoms with E-state index in [0.717, 1.165) is 12.0 Å². The number of rotatable bonds is 6. The van der Waals surface area contributed by atoms with E-state index in [1.807, 2.05) is 19.1 Å². The van der Waals surface area contributed by atoms with E-state index in [-0.39, 0.29) is 12.5 Å². The molecule has 4 nitrogen and oxygen atoms in total. The largest absolute Gasteiger partial charge is 0.452 e. The molecule has 0 unspecified atom stereocenters. The minimum atomic E-state index is -0.511. The van der Waals surface area contributed by atoms with Crippen LogP contribution >= 0.6 is 11.6 Å². The average Bonchev–Trinajstić information content (AvgIpc) is 2.42. The number of esters is 1. The van der Waals surface area contributed by atoms with E-state index in [9.17, 15) is 9.59 Å². The van der Waals surface area contributed by atoms with Gasteiger partial charge >= 0.3 is 5.97 Å². The molecule has 19 heavy (non-hydrogen) atoms. The summed E-state index contributed by atoms with van der Waals surface area (Å²) in [6.07, 6.45) is 3.73. The predicted molar refractivity (Wildman–Crippen MR) is 73.7 cm³/mol. The Bertz CT molecular complexity index is 454. The number of allylic oxidation sites excluding steroid dienone is 1. The number of nitrogens with one attached hydrogen (secondary N) is 1. The summed E-state index contributed by atoms with van der Waals surface area (Å²) in [7, 11) is 0. The zero-order chi connectivity index (χ0) is 14.1. The summed E-state index contributed by atoms with van der Waals surface area (Å²) in [6.45, 7) is 2.00. The van der Waals surface area contributed by atoms with Crippen LogP contribution in [0.15, 0.2) is 36.4 Å². The summed E-state index contributed by atoms with van der Waals surface area (Å²) in [5, 5.41) is 3.29. The van der Waals surface area contributed by atoms with E-state index in [4.69, 9.17) is 16.3 Å². The number of carbonyl (C=O) groups is 2. The molecule has 5 heteroatoms. The minimum Gasteiger partial charge on any atom is -0.452 e. The van der Waals surface area contributed by atoms with Crippen LogP contribution in [0, 0.1) is 0 Å². The van der Waals surface area contributed by atoms with Gasteiger partial charge in [0.15, 0.2) is 6.61 Å². The second kappa shape index (κ2) is 8.32. The van der Waals surface area contributed by atoms with Crippen LogP contribution in [0.25, 0.3) is 0 Å². The van der Waals surface area contributed by atoms with E-state index in [1.165, 1.54) is 6.08 Å². The standard InChI is InChI=1S/C14H16ClNO3/c1-2-3-4-14(18)19-10-13(17)16-9-11-5-7-12(15)8-6-11/h3-8H,2,9-10H2,1H3,(H,16,17)/b4-3+. The number of halogens is 1. The Labute approximate surface area is 117 Å². The van der Waals surface area contributed by atoms with Crippen molar-refractivity contribution in [3.63, 3.8) is 0 Å². The normalized spacial score (nSPS) is 10.4. The quantitative estimate of drug-likeness (QED) is 0.644. The third-order valence-corrected chi connectivity index (χ3v) is 2.49. The van der Waals surface area contributed by atoms with Gasteiger partial charge in [0.25, 0.3) is 5.91 Å². The van der Waals surface area contributed by atoms with Gasteiger partial charge in [-0.3, -0.25) is 4.79 Å². The molecule has 0 aromatic heterocycles. The average molecular weight is 282 g/mol. The van der Waals surface area contributed by atoms with E-state index in [1.54, 1.807) is 18.2 Å². The molecule has 0 radical (unpaired) electrons. The Morgan fingerprint density at radius 3 is 2.63 bits per heavy atom. The number of benzene rings is 1. The zero-order valence-electron chi connectivity index (χ0n) is 10.7. The van der Waals surface area contributed by atoms with Gasteiger partial charge in [-0.05, 0) is 24.1 Å². The fourth-order valence-corrected chi connectivity index (χ4v) is 1.38. The lowest BCUT2D eigenvalue weighted by Gasteiger charge is -2.05. The lowest BCUT2D eigenvalue weighted by Crippen LogP contribution is -2.28. The summed E-state index contributed by atoms with van der Waals surface area (Å²) in [4.78, 5) is 22.5. The van der Waals surface area contributed by atoms with Crippen molar-refractivity contribution in [2.45, 2.75) is 19.9 Å². The van der Waals surface area contributed by atoms with Crippen molar-refractivity contribution in [3.05, 3.63) is 47.0 Å². The van der Waals surface area contributed by atoms with Gasteiger partial charge in [-0.15, -0.1) is 0 Å². The molecule has 0 bridgehead atoms. The second-order valence-corrected chi connectivity index (χ2v) is 4.26. The van der Waals surface area contributed by atoms with Crippen LogP contribution in [-0.4, -0.2) is 18.5 Å². The Morgan fingerprint density at radius 2 is 2.00 bits per heavy atom. The molecule has 0 saturated carbocycles. The third kappa shape index (κ3) is 6.62. The first-order valence-electron chi connectivity index (χ1n) is 5.96. The van der Waals surface area contributed by atoms with Crippen molar-refractivity contribution >= 4 is 23.5 Å². The Balaban J connectivity index is 2.26. The first-order valence-corrected chi connectivity index (χ1v) is 6.34. The van der Waals surface area contributed by atoms with Gasteiger partial charge in [-0.1, -0.05) is 36.7 Å². The molecule has 0 heterocycles. The van der Waals surface area contributed by atoms with Crippen LogP contribution < -0.4 is 5.32 Å². The molecular weight excluding hydrogens is 266 g/mol. The van der Waals surface area contributed by atoms with E-state index >= 15 is 0 Å². The highest BCUT2D eigenvalue weighted by Gasteiger charge is 2.04. The van der Waals surface area contributed by atoms with Crippen molar-refractivity contribution in [3.8, 4) is 0 Å². The number of carbonyl (C=O) groups excluding carboxylic acids is 2. The molecule has 0 fully saturated rings. The highest BCUT2D eigenvalue weighted by atomic mass is 35.5. The first kappa shape index (κ1) is 15.2. The molecule has 0 saturated heterocycles. The molecule has 0 spiro atoms. The molecule has 1 aromatic carbocycles. The van der Waals surface area contributed by atoms with E-state index in [0.29, 0.717) is 11.6 Å². The molecule has 0 aliphatic rings. The summed E-state index contributed by atoms with van der Waals surface area (Å²) >= 11 is 5.75. The molecule has 1 amide bonds. The number of hydrogen-bond donors (Lipinski definition) is 1. The van der Waals surface area contributed by atoms with Crippen LogP contribution in [0.1, 0.15) is 18.9 Å². The minimum absolute atomic E-state index is 0.277. The third-order valence-electron chi connectivity index (χ3n) is 2.24. The highest BCUT2D eigenvalue weighted by Crippen LogP contribution is 2.08. The Hall–Kier alpha value is -1.81. The summed E-state index contributed by atoms with van der Waals surface area (Å²) in [5.74, 6) is -0.850. The van der Waals surface area contributed by atoms with Gasteiger partial charge in [0, 0.05) is 17.6 Å². The highest BCUT2D eigenvalue weighted by molar-refractivity contribution is 6.30. The van der Waals surface area contributed by atoms with Crippen LogP contribution in [0.2, 0.25) is 5.02 Å². The van der Waals surface area contributed by atoms with Gasteiger partial charge in [-0.25, -0.2) is 4.79 Å². The SMILES string of the molecule is CC/C=C/C(=O)OCC(=O)NCc1ccc(Cl)cc1. The maximum Gasteiger partial charge on any atom is 0.330 e. The molecule has 1 aromatic rings. The van der Waals surface area contributed by atoms with Gasteiger partial charge < -0.3 is 10.1 Å². The van der Waals surface area contributed by atoms with Gasteiger partial charge in [0.1, 0.15) is 0 Å². The maximum atomic E-state index is 11.4. The molecule has 1 rings (SSSR count). The molecule has 1 N–H and O–H groups in total. The lowest BCUT2D eigenvalue weighted by molar-refractivity contribution is -0.143. The molecule has 0 atom stereocenters. The molecule has 0 aliphatic heterocycles. The monoisotopic (exact) mass is 281 g/mol. The summed E-state index contributed by atoms with van der Waals surface area (Å²) in [6, 6.07) is 7.13. The van der Waals surface area contributed by atoms with E-state index < -0.39 is 5.97 Å². The number of ether oxygens (including phenoxy) is 1. The van der Waals surface area contributed by atoms with E-state index in [2.05, 4.69) is 5.32 Å². The first-order chi connectivity index (χ1) is 9.11. The molecule has 102 valence electrons. The zero-order valence-corrected chi connectivity index (χ0v) is 11.4. The second-order valence-electron chi connectivity index (χ2n) is 3.82. The van der Waals surface area contributed by atoms with Crippen molar-refractivity contribution < 1.29 is 14.3 Å². The van der Waals surface area contributed by atoms with Crippen molar-refractivity contribution in [2.24, 2.45) is 0 Å². The van der Waals surface area contributed by atoms with Crippen molar-refractivity contribution in [2.75, 3.05) is 6.61 Å². The predicted octanol–water partition coefficient (Wildman–Crippen LogP) is 2.47. The maximum absolute atomic E-state index is 11.4. The van der Waals surface area contributed by atoms with Gasteiger partial charge in [-0.2, -0.15) is 0 Å². The lowest BCUT2D eigenvalue weighted by atomic mass is 10.2. The molecule has 0 aliphatic carbocycles. The smallest absolute Gasteiger partial charge is 0.330 e. The number of amides is 1. The fourth-order valence-electron chi connectivity index (χ4n) is 1.25.